The quantitative estimate of drug-likeness (QED) is 0.00785. The fourth-order valence-corrected chi connectivity index (χ4v) is 15.0. The third-order valence-corrected chi connectivity index (χ3v) is 22.5. The molecular formula is C106H109F8N17O18. The molecule has 0 spiro atoms. The number of hydrogen-bond donors (Lipinski definition) is 4. The van der Waals surface area contributed by atoms with E-state index in [4.69, 9.17) is 20.8 Å². The van der Waals surface area contributed by atoms with Gasteiger partial charge in [0.2, 0.25) is 12.8 Å². The van der Waals surface area contributed by atoms with E-state index in [0.717, 1.165) is 84.6 Å². The highest BCUT2D eigenvalue weighted by Crippen LogP contribution is 2.30. The number of anilines is 3. The van der Waals surface area contributed by atoms with Crippen LogP contribution in [0.4, 0.5) is 57.0 Å². The van der Waals surface area contributed by atoms with Crippen molar-refractivity contribution in [3.63, 3.8) is 0 Å². The Hall–Kier alpha value is -17.5. The van der Waals surface area contributed by atoms with Crippen molar-refractivity contribution in [1.29, 1.82) is 5.26 Å². The zero-order valence-electron chi connectivity index (χ0n) is 83.5. The Labute approximate surface area is 851 Å². The van der Waals surface area contributed by atoms with Crippen LogP contribution in [0.5, 0.6) is 0 Å². The van der Waals surface area contributed by atoms with Gasteiger partial charge in [-0.3, -0.25) is 28.8 Å². The zero-order valence-corrected chi connectivity index (χ0v) is 83.5. The summed E-state index contributed by atoms with van der Waals surface area (Å²) in [4.78, 5) is 160. The Balaban J connectivity index is 0.000000191. The van der Waals surface area contributed by atoms with E-state index in [-0.39, 0.29) is 122 Å². The summed E-state index contributed by atoms with van der Waals surface area (Å²) in [5.74, 6) is -9.66. The van der Waals surface area contributed by atoms with Crippen molar-refractivity contribution in [2.24, 2.45) is 17.8 Å². The number of ether oxygens (including phenoxy) is 5. The number of rotatable bonds is 25. The highest BCUT2D eigenvalue weighted by atomic mass is 19.2. The summed E-state index contributed by atoms with van der Waals surface area (Å²) in [5.41, 5.74) is 12.2. The van der Waals surface area contributed by atoms with Crippen molar-refractivity contribution in [1.82, 2.24) is 62.9 Å². The van der Waals surface area contributed by atoms with Crippen LogP contribution in [0.3, 0.4) is 0 Å². The minimum absolute atomic E-state index is 0.00962. The second kappa shape index (κ2) is 54.5. The zero-order chi connectivity index (χ0) is 109. The van der Waals surface area contributed by atoms with Gasteiger partial charge in [-0.25, -0.2) is 88.8 Å². The van der Waals surface area contributed by atoms with Crippen LogP contribution in [0.15, 0.2) is 208 Å². The number of nitrogens with one attached hydrogen (secondary N) is 2. The number of carboxylic acids is 1. The molecule has 3 aliphatic heterocycles. The van der Waals surface area contributed by atoms with Gasteiger partial charge in [-0.15, -0.1) is 0 Å². The Morgan fingerprint density at radius 1 is 0.456 bits per heavy atom. The molecule has 0 saturated carbocycles. The molecule has 5 aromatic heterocycles. The number of carbonyl (C=O) groups is 12. The molecule has 3 fully saturated rings. The van der Waals surface area contributed by atoms with Gasteiger partial charge in [0, 0.05) is 122 Å². The lowest BCUT2D eigenvalue weighted by molar-refractivity contribution is -0.117. The smallest absolute Gasteiger partial charge is 0.410 e. The Morgan fingerprint density at radius 2 is 0.792 bits per heavy atom. The molecule has 0 radical (unpaired) electrons. The molecule has 3 aliphatic rings. The Morgan fingerprint density at radius 3 is 1.09 bits per heavy atom. The summed E-state index contributed by atoms with van der Waals surface area (Å²) < 4.78 is 141. The molecule has 0 bridgehead atoms. The predicted octanol–water partition coefficient (Wildman–Crippen LogP) is 17.0. The molecule has 35 nitrogen and oxygen atoms in total. The fraction of sp³-hybridized carbons (Fsp3) is 0.283. The first-order chi connectivity index (χ1) is 70.8. The van der Waals surface area contributed by atoms with Crippen molar-refractivity contribution in [2.45, 2.75) is 106 Å². The number of nitrogens with zero attached hydrogens (tertiary/aromatic N) is 14. The summed E-state index contributed by atoms with van der Waals surface area (Å²) in [6.45, 7) is 19.9. The number of nitrogen functional groups attached to an aromatic ring is 1. The number of amides is 3. The highest BCUT2D eigenvalue weighted by Gasteiger charge is 2.33. The molecule has 16 rings (SSSR count). The molecule has 3 amide bonds. The number of imidazole rings is 5. The van der Waals surface area contributed by atoms with E-state index >= 15 is 0 Å². The molecule has 0 aliphatic carbocycles. The standard InChI is InChI=1S/C21H26FN3O3.C17H17FN4O.C16H18FN3O.C12H11FN2O2.C12H12FNO4.C11H9FN2O2.C9H8FNO3.C8H8FNO2/c1-14-11-25(13-23-14)16-5-6-17(18(22)10-16)19(26)9-15-7-8-24(12-15)20(27)28-21(2,3)4;1-12-8-22(11-20-12)14-2-3-15(16(18)7-14)17(23)6-13-4-5-21(9-13)10-19;1-11-9-20(10-19-11)13-2-3-14(15(17)7-13)16(21)6-12-4-5-18-8-12;1-8-6-15(7-14-8)9-3-4-10(11(13)5-9)12(16)17-2;1-8(16)6-14(7-15)9-3-4-10(11(13)5-9)12(17)18-2;1-7-5-14(6-13-7)8-2-3-9(11(15)16)10(12)4-8;1-14-9(13)7-3-2-6(11-5-12)4-8(7)10;1-12-8(11)6-3-2-5(10)4-7(6)9/h5-6,10-11,13,15H,7-9,12H2,1-4H3;2-3,7-8,11,13H,4-6,9H2,1H3;2-3,7,9-10,12,18H,4-6,8H2,1H3;3-7H,1-2H3;3-5,7H,6H2,1-2H3;2-6H,1H3,(H,15,16);2-5H,1H3,(H,11,12);2-4H,10H2,1H3/t15-;13-;12-;;;;;/m000...../s1. The lowest BCUT2D eigenvalue weighted by Crippen LogP contribution is -2.35. The van der Waals surface area contributed by atoms with Gasteiger partial charge >= 0.3 is 35.9 Å². The molecule has 0 unspecified atom stereocenters. The van der Waals surface area contributed by atoms with E-state index in [1.165, 1.54) is 125 Å². The lowest BCUT2D eigenvalue weighted by atomic mass is 9.97. The second-order valence-corrected chi connectivity index (χ2v) is 35.0. The van der Waals surface area contributed by atoms with Crippen LogP contribution in [0.2, 0.25) is 0 Å². The number of ketones is 4. The van der Waals surface area contributed by atoms with Crippen molar-refractivity contribution in [2.75, 3.05) is 90.2 Å². The number of carboxylic acid groups (broad SMARTS) is 1. The maximum Gasteiger partial charge on any atom is 0.410 e. The third kappa shape index (κ3) is 33.8. The second-order valence-electron chi connectivity index (χ2n) is 35.0. The maximum absolute atomic E-state index is 14.5. The van der Waals surface area contributed by atoms with Gasteiger partial charge in [-0.2, -0.15) is 5.26 Å². The lowest BCUT2D eigenvalue weighted by Gasteiger charge is -2.24. The van der Waals surface area contributed by atoms with Crippen LogP contribution in [0.25, 0.3) is 28.4 Å². The SMILES string of the molecule is COC(=O)c1ccc(-n2cnc(C)c2)cc1F.COC(=O)c1ccc(N(C=O)CC(C)=O)cc1F.COC(=O)c1ccc(N)cc1F.COC(=O)c1ccc(NC=O)cc1F.Cc1cn(-c2ccc(C(=O)C[C@@H]3CCN(C#N)C3)c(F)c2)cn1.Cc1cn(-c2ccc(C(=O)C[C@@H]3CCN(C(=O)OC(C)(C)C)C3)c(F)c2)cn1.Cc1cn(-c2ccc(C(=O)C[C@@H]3CCNC3)c(F)c2)cn1.Cc1cn(-c2ccc(C(=O)O)c(F)c2)cn1. The van der Waals surface area contributed by atoms with Gasteiger partial charge in [-0.1, -0.05) is 0 Å². The van der Waals surface area contributed by atoms with Gasteiger partial charge in [0.1, 0.15) is 57.9 Å². The molecule has 13 aromatic rings. The molecule has 43 heteroatoms. The number of methoxy groups -OCH3 is 4. The first-order valence-electron chi connectivity index (χ1n) is 45.9. The number of benzene rings is 8. The van der Waals surface area contributed by atoms with Crippen molar-refractivity contribution >= 4 is 89.0 Å². The molecule has 3 atom stereocenters. The van der Waals surface area contributed by atoms with Gasteiger partial charge in [0.05, 0.1) is 140 Å². The number of nitrogens with two attached hydrogens (primary N) is 1. The van der Waals surface area contributed by atoms with Crippen molar-refractivity contribution < 1.29 is 121 Å². The largest absolute Gasteiger partial charge is 0.478 e. The molecule has 8 heterocycles. The van der Waals surface area contributed by atoms with E-state index in [2.05, 4.69) is 60.7 Å². The van der Waals surface area contributed by atoms with Crippen LogP contribution in [0.1, 0.15) is 178 Å². The fourth-order valence-electron chi connectivity index (χ4n) is 15.0. The molecule has 5 N–H and O–H groups in total. The summed E-state index contributed by atoms with van der Waals surface area (Å²) in [6, 6.07) is 33.2. The van der Waals surface area contributed by atoms with Crippen molar-refractivity contribution in [3.05, 3.63) is 328 Å². The predicted molar refractivity (Wildman–Crippen MR) is 530 cm³/mol. The summed E-state index contributed by atoms with van der Waals surface area (Å²) in [7, 11) is 4.72. The molecule has 3 saturated heterocycles. The number of aromatic carboxylic acids is 1. The van der Waals surface area contributed by atoms with Crippen LogP contribution < -0.4 is 21.3 Å². The van der Waals surface area contributed by atoms with Crippen LogP contribution in [-0.4, -0.2) is 214 Å². The topological polar surface area (TPSA) is 444 Å². The number of carbonyl (C=O) groups excluding carboxylic acids is 11. The summed E-state index contributed by atoms with van der Waals surface area (Å²) in [5, 5.41) is 23.0. The van der Waals surface area contributed by atoms with Gasteiger partial charge in [0.15, 0.2) is 23.5 Å². The summed E-state index contributed by atoms with van der Waals surface area (Å²) in [6.07, 6.45) is 22.8. The number of likely N-dealkylation sites (tertiary alicyclic amines) is 2. The van der Waals surface area contributed by atoms with Crippen LogP contribution in [-0.2, 0) is 38.1 Å². The molecular weight excluding hydrogens is 1950 g/mol. The number of aryl methyl sites for hydroxylation is 5. The normalized spacial score (nSPS) is 13.5. The monoisotopic (exact) mass is 2060 g/mol. The number of hydrogen-bond acceptors (Lipinski definition) is 26. The number of esters is 4. The number of halogens is 8. The van der Waals surface area contributed by atoms with Gasteiger partial charge in [-0.05, 0) is 258 Å². The van der Waals surface area contributed by atoms with Crippen LogP contribution in [0, 0.1) is 110 Å². The first kappa shape index (κ1) is 115. The molecule has 149 heavy (non-hydrogen) atoms. The van der Waals surface area contributed by atoms with E-state index in [0.29, 0.717) is 86.2 Å². The minimum Gasteiger partial charge on any atom is -0.478 e. The minimum atomic E-state index is -1.27. The van der Waals surface area contributed by atoms with Crippen molar-refractivity contribution in [3.8, 4) is 34.6 Å². The average molecular weight is 2060 g/mol. The van der Waals surface area contributed by atoms with Gasteiger partial charge in [0.25, 0.3) is 0 Å². The average Bonchev–Trinajstić information content (AvgIpc) is 1.59. The molecule has 782 valence electrons. The Bertz CT molecular complexity index is 7020. The highest BCUT2D eigenvalue weighted by molar-refractivity contribution is 5.99. The number of Topliss-reactive ketones (excluding diaryl/α,β-unsaturated/α-hetero) is 4. The summed E-state index contributed by atoms with van der Waals surface area (Å²) >= 11 is 0. The number of nitriles is 1. The number of aromatic nitrogens is 10. The maximum atomic E-state index is 14.5. The van der Waals surface area contributed by atoms with E-state index in [1.807, 2.05) is 61.6 Å². The van der Waals surface area contributed by atoms with Crippen LogP contribution >= 0.6 is 0 Å². The molecule has 8 aromatic carbocycles. The van der Waals surface area contributed by atoms with Gasteiger partial charge < -0.3 is 82.7 Å². The Kier molecular flexibility index (Phi) is 42.1. The third-order valence-electron chi connectivity index (χ3n) is 22.5. The van der Waals surface area contributed by atoms with E-state index < -0.39 is 82.0 Å². The first-order valence-corrected chi connectivity index (χ1v) is 45.9. The van der Waals surface area contributed by atoms with E-state index in [9.17, 15) is 92.7 Å². The van der Waals surface area contributed by atoms with E-state index in [1.54, 1.807) is 119 Å².